The molecule has 2 aromatic heterocycles. The molecule has 0 aliphatic carbocycles. The maximum Gasteiger partial charge on any atom is 0.269 e. The van der Waals surface area contributed by atoms with Crippen LogP contribution in [0.4, 0.5) is 5.69 Å². The van der Waals surface area contributed by atoms with Gasteiger partial charge in [-0.25, -0.2) is 0 Å². The third kappa shape index (κ3) is 3.57. The minimum atomic E-state index is -0.417. The fourth-order valence-electron chi connectivity index (χ4n) is 3.68. The second-order valence-corrected chi connectivity index (χ2v) is 7.01. The third-order valence-corrected chi connectivity index (χ3v) is 5.31. The summed E-state index contributed by atoms with van der Waals surface area (Å²) >= 11 is 5.53. The first-order valence-corrected chi connectivity index (χ1v) is 9.52. The molecule has 1 aliphatic rings. The van der Waals surface area contributed by atoms with Gasteiger partial charge in [-0.15, -0.1) is 0 Å². The molecule has 0 unspecified atom stereocenters. The first kappa shape index (κ1) is 19.0. The molecule has 3 aromatic rings. The number of nitrogens with zero attached hydrogens (tertiary/aromatic N) is 4. The van der Waals surface area contributed by atoms with Gasteiger partial charge in [0.05, 0.1) is 29.3 Å². The van der Waals surface area contributed by atoms with E-state index >= 15 is 0 Å². The lowest BCUT2D eigenvalue weighted by Gasteiger charge is -2.28. The second-order valence-electron chi connectivity index (χ2n) is 6.62. The highest BCUT2D eigenvalue weighted by atomic mass is 32.1. The Morgan fingerprint density at radius 2 is 1.97 bits per heavy atom. The van der Waals surface area contributed by atoms with Crippen LogP contribution in [0.1, 0.15) is 23.5 Å². The molecular formula is C20H19N5O3S. The molecule has 4 rings (SSSR count). The van der Waals surface area contributed by atoms with Crippen LogP contribution in [0.2, 0.25) is 0 Å². The van der Waals surface area contributed by atoms with E-state index in [9.17, 15) is 15.2 Å². The summed E-state index contributed by atoms with van der Waals surface area (Å²) in [7, 11) is 0. The number of non-ortho nitro benzene ring substituents is 1. The Kier molecular flexibility index (Phi) is 5.24. The molecule has 1 fully saturated rings. The lowest BCUT2D eigenvalue weighted by molar-refractivity contribution is -0.384. The first-order chi connectivity index (χ1) is 14.1. The molecule has 1 aromatic carbocycles. The van der Waals surface area contributed by atoms with Crippen molar-refractivity contribution in [2.45, 2.75) is 12.1 Å². The van der Waals surface area contributed by atoms with Crippen molar-refractivity contribution in [2.75, 3.05) is 13.2 Å². The quantitative estimate of drug-likeness (QED) is 0.367. The van der Waals surface area contributed by atoms with E-state index in [1.54, 1.807) is 18.3 Å². The van der Waals surface area contributed by atoms with Gasteiger partial charge in [0.25, 0.3) is 5.69 Å². The second kappa shape index (κ2) is 7.98. The molecule has 0 amide bonds. The molecule has 0 radical (unpaired) electrons. The van der Waals surface area contributed by atoms with Crippen molar-refractivity contribution in [3.05, 3.63) is 88.5 Å². The van der Waals surface area contributed by atoms with Gasteiger partial charge in [0.1, 0.15) is 0 Å². The summed E-state index contributed by atoms with van der Waals surface area (Å²) in [6.07, 6.45) is 3.64. The Balaban J connectivity index is 1.77. The first-order valence-electron chi connectivity index (χ1n) is 9.11. The summed E-state index contributed by atoms with van der Waals surface area (Å²) in [6, 6.07) is 15.6. The highest BCUT2D eigenvalue weighted by Gasteiger charge is 2.40. The number of pyridine rings is 1. The molecule has 9 heteroatoms. The fraction of sp³-hybridized carbons (Fsp3) is 0.200. The molecule has 1 saturated heterocycles. The van der Waals surface area contributed by atoms with E-state index in [2.05, 4.69) is 10.3 Å². The fourth-order valence-corrected chi connectivity index (χ4v) is 4.01. The van der Waals surface area contributed by atoms with Crippen LogP contribution >= 0.6 is 12.2 Å². The predicted molar refractivity (Wildman–Crippen MR) is 112 cm³/mol. The Hall–Kier alpha value is -3.30. The van der Waals surface area contributed by atoms with Crippen molar-refractivity contribution in [1.29, 1.82) is 0 Å². The van der Waals surface area contributed by atoms with Crippen molar-refractivity contribution in [3.8, 4) is 5.69 Å². The van der Waals surface area contributed by atoms with Gasteiger partial charge in [-0.1, -0.05) is 6.07 Å². The summed E-state index contributed by atoms with van der Waals surface area (Å²) in [4.78, 5) is 17.0. The zero-order chi connectivity index (χ0) is 20.4. The predicted octanol–water partition coefficient (Wildman–Crippen LogP) is 2.75. The summed E-state index contributed by atoms with van der Waals surface area (Å²) in [6.45, 7) is 0.344. The van der Waals surface area contributed by atoms with Crippen molar-refractivity contribution < 1.29 is 10.0 Å². The van der Waals surface area contributed by atoms with Crippen LogP contribution in [0.25, 0.3) is 5.69 Å². The molecule has 2 atom stereocenters. The highest BCUT2D eigenvalue weighted by Crippen LogP contribution is 2.39. The van der Waals surface area contributed by atoms with Gasteiger partial charge < -0.3 is 19.9 Å². The van der Waals surface area contributed by atoms with Crippen LogP contribution in [0.3, 0.4) is 0 Å². The van der Waals surface area contributed by atoms with Crippen LogP contribution < -0.4 is 5.32 Å². The highest BCUT2D eigenvalue weighted by molar-refractivity contribution is 7.80. The number of rotatable bonds is 6. The van der Waals surface area contributed by atoms with Crippen LogP contribution in [0.15, 0.2) is 67.0 Å². The minimum absolute atomic E-state index is 0.0362. The van der Waals surface area contributed by atoms with Gasteiger partial charge in [-0.05, 0) is 48.6 Å². The zero-order valence-electron chi connectivity index (χ0n) is 15.4. The van der Waals surface area contributed by atoms with E-state index in [0.717, 1.165) is 17.1 Å². The van der Waals surface area contributed by atoms with Gasteiger partial charge in [0.2, 0.25) is 0 Å². The Morgan fingerprint density at radius 3 is 2.62 bits per heavy atom. The number of aromatic nitrogens is 2. The molecule has 148 valence electrons. The Morgan fingerprint density at radius 1 is 1.17 bits per heavy atom. The number of thiocarbonyl (C=S) groups is 1. The largest absolute Gasteiger partial charge is 0.395 e. The van der Waals surface area contributed by atoms with E-state index in [1.807, 2.05) is 46.0 Å². The summed E-state index contributed by atoms with van der Waals surface area (Å²) in [5.74, 6) is 0. The monoisotopic (exact) mass is 409 g/mol. The topological polar surface area (TPSA) is 96.5 Å². The average Bonchev–Trinajstić information content (AvgIpc) is 3.34. The molecular weight excluding hydrogens is 390 g/mol. The molecule has 8 nitrogen and oxygen atoms in total. The number of hydrogen-bond acceptors (Lipinski definition) is 5. The molecule has 3 heterocycles. The van der Waals surface area contributed by atoms with Crippen LogP contribution in [0.5, 0.6) is 0 Å². The van der Waals surface area contributed by atoms with Gasteiger partial charge in [-0.2, -0.15) is 0 Å². The number of aliphatic hydroxyl groups excluding tert-OH is 1. The number of benzene rings is 1. The van der Waals surface area contributed by atoms with E-state index in [4.69, 9.17) is 12.2 Å². The summed E-state index contributed by atoms with van der Waals surface area (Å²) in [5, 5.41) is 24.4. The maximum absolute atomic E-state index is 11.0. The molecule has 1 aliphatic heterocycles. The van der Waals surface area contributed by atoms with Crippen molar-refractivity contribution in [1.82, 2.24) is 19.8 Å². The van der Waals surface area contributed by atoms with Crippen LogP contribution in [0, 0.1) is 10.1 Å². The normalized spacial score (nSPS) is 18.7. The number of aliphatic hydroxyl groups is 1. The van der Waals surface area contributed by atoms with Gasteiger partial charge in [-0.3, -0.25) is 15.1 Å². The molecule has 0 spiro atoms. The SMILES string of the molecule is O=[N+]([O-])c1ccc(-n2cccc2[C@@H]2[C@@H](c3ccccn3)NC(=S)N2CCO)cc1. The van der Waals surface area contributed by atoms with Crippen LogP contribution in [-0.4, -0.2) is 42.7 Å². The Bertz CT molecular complexity index is 1020. The minimum Gasteiger partial charge on any atom is -0.395 e. The average molecular weight is 409 g/mol. The lowest BCUT2D eigenvalue weighted by Crippen LogP contribution is -2.32. The van der Waals surface area contributed by atoms with E-state index in [-0.39, 0.29) is 24.4 Å². The lowest BCUT2D eigenvalue weighted by atomic mass is 10.0. The summed E-state index contributed by atoms with van der Waals surface area (Å²) < 4.78 is 1.98. The molecule has 0 bridgehead atoms. The van der Waals surface area contributed by atoms with Crippen molar-refractivity contribution in [2.24, 2.45) is 0 Å². The standard InChI is InChI=1S/C20H19N5O3S/c26-13-12-24-19(18(22-20(24)29)16-4-1-2-10-21-16)17-5-3-11-23(17)14-6-8-15(9-7-14)25(27)28/h1-11,18-19,26H,12-13H2,(H,22,29)/t18-,19-/m1/s1. The van der Waals surface area contributed by atoms with Crippen LogP contribution in [-0.2, 0) is 0 Å². The van der Waals surface area contributed by atoms with E-state index < -0.39 is 4.92 Å². The number of hydrogen-bond donors (Lipinski definition) is 2. The zero-order valence-corrected chi connectivity index (χ0v) is 16.2. The smallest absolute Gasteiger partial charge is 0.269 e. The van der Waals surface area contributed by atoms with Crippen molar-refractivity contribution in [3.63, 3.8) is 0 Å². The molecule has 29 heavy (non-hydrogen) atoms. The van der Waals surface area contributed by atoms with Gasteiger partial charge >= 0.3 is 0 Å². The summed E-state index contributed by atoms with van der Waals surface area (Å²) in [5.41, 5.74) is 2.63. The third-order valence-electron chi connectivity index (χ3n) is 4.96. The van der Waals surface area contributed by atoms with E-state index in [0.29, 0.717) is 11.7 Å². The number of nitro groups is 1. The number of nitro benzene ring substituents is 1. The number of β-amino-alcohol motifs (C(OH)–C–C–N with tert-alkyl or cyclic N) is 1. The molecule has 2 N–H and O–H groups in total. The maximum atomic E-state index is 11.0. The Labute approximate surface area is 172 Å². The molecule has 0 saturated carbocycles. The van der Waals surface area contributed by atoms with E-state index in [1.165, 1.54) is 12.1 Å². The van der Waals surface area contributed by atoms with Gasteiger partial charge in [0.15, 0.2) is 5.11 Å². The van der Waals surface area contributed by atoms with Gasteiger partial charge in [0, 0.05) is 42.5 Å². The number of nitrogens with one attached hydrogen (secondary N) is 1. The van der Waals surface area contributed by atoms with Crippen molar-refractivity contribution >= 4 is 23.0 Å².